The molecule has 2 aromatic rings. The SMILES string of the molecule is CN(C[C@@H]1[C@@H]2CN(C(=O)OC(C)(C)C)C[C@@H]21)c1ncnc2[nH]ccc12. The van der Waals surface area contributed by atoms with E-state index in [1.54, 1.807) is 6.33 Å². The second-order valence-electron chi connectivity index (χ2n) is 8.19. The lowest BCUT2D eigenvalue weighted by molar-refractivity contribution is 0.0266. The Hall–Kier alpha value is -2.31. The number of rotatable bonds is 3. The molecule has 1 amide bonds. The Morgan fingerprint density at radius 2 is 2.08 bits per heavy atom. The molecular weight excluding hydrogens is 318 g/mol. The smallest absolute Gasteiger partial charge is 0.410 e. The lowest BCUT2D eigenvalue weighted by Crippen LogP contribution is -2.37. The predicted molar refractivity (Wildman–Crippen MR) is 95.4 cm³/mol. The lowest BCUT2D eigenvalue weighted by Gasteiger charge is -2.26. The van der Waals surface area contributed by atoms with Gasteiger partial charge in [0.15, 0.2) is 0 Å². The number of H-pyrrole nitrogens is 1. The molecule has 0 radical (unpaired) electrons. The van der Waals surface area contributed by atoms with Crippen LogP contribution in [0.1, 0.15) is 20.8 Å². The van der Waals surface area contributed by atoms with Crippen molar-refractivity contribution in [3.8, 4) is 0 Å². The third kappa shape index (κ3) is 3.03. The number of fused-ring (bicyclic) bond motifs is 2. The summed E-state index contributed by atoms with van der Waals surface area (Å²) in [6.45, 7) is 8.28. The highest BCUT2D eigenvalue weighted by Gasteiger charge is 2.57. The Morgan fingerprint density at radius 1 is 1.36 bits per heavy atom. The van der Waals surface area contributed by atoms with Gasteiger partial charge >= 0.3 is 6.09 Å². The fraction of sp³-hybridized carbons (Fsp3) is 0.611. The first-order valence-corrected chi connectivity index (χ1v) is 8.80. The standard InChI is InChI=1S/C18H25N5O2/c1-18(2,3)25-17(24)23-8-13-12(14(13)9-23)7-22(4)16-11-5-6-19-15(11)20-10-21-16/h5-6,10,12-14H,7-9H2,1-4H3,(H,19,20,21)/t12-,13+,14-. The molecule has 0 spiro atoms. The largest absolute Gasteiger partial charge is 0.444 e. The Kier molecular flexibility index (Phi) is 3.63. The number of hydrogen-bond acceptors (Lipinski definition) is 5. The minimum atomic E-state index is -0.432. The van der Waals surface area contributed by atoms with Gasteiger partial charge < -0.3 is 19.5 Å². The number of likely N-dealkylation sites (tertiary alicyclic amines) is 1. The molecule has 0 aromatic carbocycles. The zero-order valence-electron chi connectivity index (χ0n) is 15.2. The Morgan fingerprint density at radius 3 is 2.76 bits per heavy atom. The van der Waals surface area contributed by atoms with Crippen molar-refractivity contribution in [3.63, 3.8) is 0 Å². The van der Waals surface area contributed by atoms with E-state index >= 15 is 0 Å². The number of ether oxygens (including phenoxy) is 1. The summed E-state index contributed by atoms with van der Waals surface area (Å²) in [5.74, 6) is 2.74. The number of piperidine rings is 1. The molecule has 2 fully saturated rings. The summed E-state index contributed by atoms with van der Waals surface area (Å²) in [5, 5.41) is 1.05. The molecule has 0 bridgehead atoms. The van der Waals surface area contributed by atoms with Crippen LogP contribution < -0.4 is 4.90 Å². The minimum Gasteiger partial charge on any atom is -0.444 e. The molecule has 2 aromatic heterocycles. The summed E-state index contributed by atoms with van der Waals surface area (Å²) in [5.41, 5.74) is 0.433. The molecule has 7 nitrogen and oxygen atoms in total. The van der Waals surface area contributed by atoms with Crippen LogP contribution in [0.15, 0.2) is 18.6 Å². The fourth-order valence-electron chi connectivity index (χ4n) is 3.96. The fourth-order valence-corrected chi connectivity index (χ4v) is 3.96. The van der Waals surface area contributed by atoms with E-state index in [0.29, 0.717) is 17.8 Å². The van der Waals surface area contributed by atoms with Gasteiger partial charge in [-0.15, -0.1) is 0 Å². The number of amides is 1. The number of carbonyl (C=O) groups excluding carboxylic acids is 1. The number of anilines is 1. The first-order chi connectivity index (χ1) is 11.8. The number of carbonyl (C=O) groups is 1. The van der Waals surface area contributed by atoms with Gasteiger partial charge in [0.25, 0.3) is 0 Å². The normalized spacial score (nSPS) is 25.1. The van der Waals surface area contributed by atoms with Gasteiger partial charge in [-0.05, 0) is 44.6 Å². The van der Waals surface area contributed by atoms with E-state index in [1.807, 2.05) is 37.9 Å². The Balaban J connectivity index is 1.35. The predicted octanol–water partition coefficient (Wildman–Crippen LogP) is 2.51. The minimum absolute atomic E-state index is 0.184. The third-order valence-corrected chi connectivity index (χ3v) is 5.20. The van der Waals surface area contributed by atoms with Crippen LogP contribution in [-0.2, 0) is 4.74 Å². The van der Waals surface area contributed by atoms with Gasteiger partial charge in [0, 0.05) is 32.9 Å². The zero-order valence-corrected chi connectivity index (χ0v) is 15.2. The molecule has 134 valence electrons. The summed E-state index contributed by atoms with van der Waals surface area (Å²) >= 11 is 0. The van der Waals surface area contributed by atoms with Crippen molar-refractivity contribution in [2.45, 2.75) is 26.4 Å². The van der Waals surface area contributed by atoms with Crippen molar-refractivity contribution in [1.29, 1.82) is 0 Å². The van der Waals surface area contributed by atoms with Crippen molar-refractivity contribution in [2.75, 3.05) is 31.6 Å². The van der Waals surface area contributed by atoms with Crippen molar-refractivity contribution < 1.29 is 9.53 Å². The van der Waals surface area contributed by atoms with Crippen LogP contribution in [0.25, 0.3) is 11.0 Å². The Labute approximate surface area is 147 Å². The first-order valence-electron chi connectivity index (χ1n) is 8.80. The van der Waals surface area contributed by atoms with E-state index in [2.05, 4.69) is 26.9 Å². The van der Waals surface area contributed by atoms with Gasteiger partial charge in [0.1, 0.15) is 23.4 Å². The monoisotopic (exact) mass is 343 g/mol. The lowest BCUT2D eigenvalue weighted by atomic mass is 10.2. The number of nitrogens with zero attached hydrogens (tertiary/aromatic N) is 4. The molecule has 7 heteroatoms. The van der Waals surface area contributed by atoms with Gasteiger partial charge in [-0.25, -0.2) is 14.8 Å². The molecule has 1 aliphatic heterocycles. The van der Waals surface area contributed by atoms with Crippen LogP contribution >= 0.6 is 0 Å². The maximum Gasteiger partial charge on any atom is 0.410 e. The number of aromatic nitrogens is 3. The van der Waals surface area contributed by atoms with E-state index < -0.39 is 5.60 Å². The van der Waals surface area contributed by atoms with Crippen molar-refractivity contribution in [2.24, 2.45) is 17.8 Å². The highest BCUT2D eigenvalue weighted by atomic mass is 16.6. The van der Waals surface area contributed by atoms with Crippen LogP contribution in [0, 0.1) is 17.8 Å². The average Bonchev–Trinajstić information content (AvgIpc) is 2.97. The molecule has 4 rings (SSSR count). The molecule has 0 unspecified atom stereocenters. The quantitative estimate of drug-likeness (QED) is 0.927. The zero-order chi connectivity index (χ0) is 17.8. The van der Waals surface area contributed by atoms with E-state index in [9.17, 15) is 4.79 Å². The molecular formula is C18H25N5O2. The van der Waals surface area contributed by atoms with Crippen LogP contribution in [0.5, 0.6) is 0 Å². The van der Waals surface area contributed by atoms with Crippen LogP contribution in [0.2, 0.25) is 0 Å². The number of aromatic amines is 1. The van der Waals surface area contributed by atoms with Gasteiger partial charge in [0.05, 0.1) is 5.39 Å². The molecule has 1 saturated heterocycles. The van der Waals surface area contributed by atoms with E-state index in [4.69, 9.17) is 4.74 Å². The summed E-state index contributed by atoms with van der Waals surface area (Å²) in [6.07, 6.45) is 3.31. The maximum absolute atomic E-state index is 12.2. The van der Waals surface area contributed by atoms with Gasteiger partial charge in [0.2, 0.25) is 0 Å². The highest BCUT2D eigenvalue weighted by Crippen LogP contribution is 2.52. The average molecular weight is 343 g/mol. The van der Waals surface area contributed by atoms with E-state index in [0.717, 1.165) is 36.5 Å². The van der Waals surface area contributed by atoms with Gasteiger partial charge in [-0.2, -0.15) is 0 Å². The Bertz CT molecular complexity index is 784. The van der Waals surface area contributed by atoms with Crippen molar-refractivity contribution >= 4 is 22.9 Å². The van der Waals surface area contributed by atoms with E-state index in [1.165, 1.54) is 0 Å². The summed E-state index contributed by atoms with van der Waals surface area (Å²) < 4.78 is 5.47. The molecule has 3 heterocycles. The topological polar surface area (TPSA) is 74.3 Å². The highest BCUT2D eigenvalue weighted by molar-refractivity contribution is 5.87. The van der Waals surface area contributed by atoms with Gasteiger partial charge in [-0.3, -0.25) is 0 Å². The third-order valence-electron chi connectivity index (χ3n) is 5.20. The van der Waals surface area contributed by atoms with E-state index in [-0.39, 0.29) is 6.09 Å². The maximum atomic E-state index is 12.2. The van der Waals surface area contributed by atoms with Crippen molar-refractivity contribution in [3.05, 3.63) is 18.6 Å². The number of nitrogens with one attached hydrogen (secondary N) is 1. The molecule has 1 aliphatic carbocycles. The summed E-state index contributed by atoms with van der Waals surface area (Å²) in [6, 6.07) is 2.01. The van der Waals surface area contributed by atoms with Crippen LogP contribution in [-0.4, -0.2) is 58.2 Å². The second kappa shape index (κ2) is 5.61. The number of hydrogen-bond donors (Lipinski definition) is 1. The first kappa shape index (κ1) is 16.2. The van der Waals surface area contributed by atoms with Crippen molar-refractivity contribution in [1.82, 2.24) is 19.9 Å². The second-order valence-corrected chi connectivity index (χ2v) is 8.19. The van der Waals surface area contributed by atoms with Gasteiger partial charge in [-0.1, -0.05) is 0 Å². The van der Waals surface area contributed by atoms with Crippen LogP contribution in [0.3, 0.4) is 0 Å². The molecule has 2 aliphatic rings. The molecule has 1 saturated carbocycles. The molecule has 3 atom stereocenters. The van der Waals surface area contributed by atoms with Crippen LogP contribution in [0.4, 0.5) is 10.6 Å². The molecule has 1 N–H and O–H groups in total. The summed E-state index contributed by atoms with van der Waals surface area (Å²) in [7, 11) is 2.08. The molecule has 25 heavy (non-hydrogen) atoms. The summed E-state index contributed by atoms with van der Waals surface area (Å²) in [4.78, 5) is 28.0.